The zero-order valence-corrected chi connectivity index (χ0v) is 16.9. The topological polar surface area (TPSA) is 86.6 Å². The van der Waals surface area contributed by atoms with E-state index in [1.165, 1.54) is 11.9 Å². The van der Waals surface area contributed by atoms with Crippen molar-refractivity contribution in [3.8, 4) is 12.1 Å². The van der Waals surface area contributed by atoms with Gasteiger partial charge in [0.1, 0.15) is 13.1 Å². The smallest absolute Gasteiger partial charge is 0.313 e. The van der Waals surface area contributed by atoms with Crippen molar-refractivity contribution >= 4 is 0 Å². The van der Waals surface area contributed by atoms with E-state index in [0.29, 0.717) is 24.7 Å². The van der Waals surface area contributed by atoms with Crippen LogP contribution in [-0.2, 0) is 32.7 Å². The van der Waals surface area contributed by atoms with Crippen molar-refractivity contribution in [3.63, 3.8) is 0 Å². The van der Waals surface area contributed by atoms with E-state index in [1.807, 2.05) is 38.1 Å². The number of nitrogens with zero attached hydrogens (tertiary/aromatic N) is 3. The van der Waals surface area contributed by atoms with Crippen LogP contribution in [0.15, 0.2) is 30.6 Å². The van der Waals surface area contributed by atoms with Crippen LogP contribution in [0.25, 0.3) is 0 Å². The van der Waals surface area contributed by atoms with Gasteiger partial charge in [0.15, 0.2) is 0 Å². The molecule has 6 nitrogen and oxygen atoms in total. The second-order valence-corrected chi connectivity index (χ2v) is 5.33. The van der Waals surface area contributed by atoms with E-state index in [4.69, 9.17) is 10.00 Å². The Morgan fingerprint density at radius 3 is 2.31 bits per heavy atom. The summed E-state index contributed by atoms with van der Waals surface area (Å²) in [6.45, 7) is 8.79. The van der Waals surface area contributed by atoms with Crippen molar-refractivity contribution in [2.24, 2.45) is 0 Å². The van der Waals surface area contributed by atoms with Gasteiger partial charge in [0.2, 0.25) is 0 Å². The first kappa shape index (κ1) is 32.4. The third-order valence-corrected chi connectivity index (χ3v) is 2.78. The van der Waals surface area contributed by atoms with Crippen LogP contribution in [0.4, 0.5) is 0 Å². The van der Waals surface area contributed by atoms with Crippen LogP contribution in [0.5, 0.6) is 6.01 Å². The number of H-pyrrole nitrogens is 1. The molecule has 0 aliphatic heterocycles. The molecule has 0 aliphatic carbocycles. The minimum Gasteiger partial charge on any atom is -0.448 e. The molecule has 0 saturated carbocycles. The minimum absolute atomic E-state index is 0. The number of ether oxygens (including phenoxy) is 1. The molecule has 0 amide bonds. The zero-order valence-electron chi connectivity index (χ0n) is 14.1. The summed E-state index contributed by atoms with van der Waals surface area (Å²) < 4.78 is 5.12. The average molecular weight is 438 g/mol. The van der Waals surface area contributed by atoms with Crippen LogP contribution in [-0.4, -0.2) is 28.0 Å². The van der Waals surface area contributed by atoms with Gasteiger partial charge in [0.05, 0.1) is 11.6 Å². The summed E-state index contributed by atoms with van der Waals surface area (Å²) in [5.74, 6) is 0.503. The molecule has 145 valence electrons. The molecule has 1 heterocycles. The molecule has 0 saturated heterocycles. The maximum absolute atomic E-state index is 8.59. The van der Waals surface area contributed by atoms with Gasteiger partial charge in [-0.3, -0.25) is 5.32 Å². The van der Waals surface area contributed by atoms with Gasteiger partial charge in [-0.2, -0.15) is 15.3 Å². The monoisotopic (exact) mass is 438 g/mol. The predicted molar refractivity (Wildman–Crippen MR) is 106 cm³/mol. The van der Waals surface area contributed by atoms with Crippen molar-refractivity contribution < 1.29 is 37.4 Å². The van der Waals surface area contributed by atoms with Crippen LogP contribution < -0.4 is 10.1 Å². The Bertz CT molecular complexity index is 580. The number of hydrogen-bond donors (Lipinski definition) is 2. The Kier molecular flexibility index (Phi) is 23.1. The predicted octanol–water partition coefficient (Wildman–Crippen LogP) is 4.73. The average Bonchev–Trinajstić information content (AvgIpc) is 3.01. The van der Waals surface area contributed by atoms with E-state index < -0.39 is 0 Å². The van der Waals surface area contributed by atoms with E-state index in [2.05, 4.69) is 40.4 Å². The fourth-order valence-electron chi connectivity index (χ4n) is 1.51. The van der Waals surface area contributed by atoms with Crippen LogP contribution in [0.1, 0.15) is 67.0 Å². The minimum atomic E-state index is 0. The number of nitrogens with one attached hydrogen (secondary N) is 2. The SMILES string of the molecule is C.C.C.CC(C)NCOc1ncn[nH]1.CC(C)c1cccc(C#N)c1.[Y]. The summed E-state index contributed by atoms with van der Waals surface area (Å²) >= 11 is 0. The molecule has 0 bridgehead atoms. The second-order valence-electron chi connectivity index (χ2n) is 5.33. The Balaban J connectivity index is -0.000000161. The Morgan fingerprint density at radius 1 is 1.19 bits per heavy atom. The molecule has 0 fully saturated rings. The number of aromatic nitrogens is 3. The van der Waals surface area contributed by atoms with Gasteiger partial charge in [-0.25, -0.2) is 5.10 Å². The molecule has 7 heteroatoms. The zero-order chi connectivity index (χ0) is 16.4. The number of benzene rings is 1. The molecular weight excluding hydrogens is 403 g/mol. The van der Waals surface area contributed by atoms with Crippen LogP contribution in [0.3, 0.4) is 0 Å². The van der Waals surface area contributed by atoms with Gasteiger partial charge in [-0.1, -0.05) is 48.3 Å². The first-order valence-electron chi connectivity index (χ1n) is 7.24. The van der Waals surface area contributed by atoms with Crippen molar-refractivity contribution in [2.75, 3.05) is 6.73 Å². The summed E-state index contributed by atoms with van der Waals surface area (Å²) in [6.07, 6.45) is 1.41. The fourth-order valence-corrected chi connectivity index (χ4v) is 1.51. The van der Waals surface area contributed by atoms with Crippen LogP contribution >= 0.6 is 0 Å². The third-order valence-electron chi connectivity index (χ3n) is 2.78. The van der Waals surface area contributed by atoms with Crippen LogP contribution in [0.2, 0.25) is 0 Å². The van der Waals surface area contributed by atoms with Gasteiger partial charge >= 0.3 is 6.01 Å². The maximum Gasteiger partial charge on any atom is 0.313 e. The van der Waals surface area contributed by atoms with Crippen molar-refractivity contribution in [1.82, 2.24) is 20.5 Å². The normalized spacial score (nSPS) is 8.50. The number of aromatic amines is 1. The number of hydrogen-bond acceptors (Lipinski definition) is 5. The molecule has 1 aromatic carbocycles. The molecule has 2 aromatic rings. The van der Waals surface area contributed by atoms with Gasteiger partial charge in [0.25, 0.3) is 0 Å². The van der Waals surface area contributed by atoms with Gasteiger partial charge in [0, 0.05) is 38.8 Å². The van der Waals surface area contributed by atoms with E-state index >= 15 is 0 Å². The van der Waals surface area contributed by atoms with Crippen molar-refractivity contribution in [2.45, 2.75) is 61.9 Å². The van der Waals surface area contributed by atoms with Gasteiger partial charge < -0.3 is 4.74 Å². The molecule has 1 aromatic heterocycles. The van der Waals surface area contributed by atoms with E-state index in [9.17, 15) is 0 Å². The largest absolute Gasteiger partial charge is 0.448 e. The van der Waals surface area contributed by atoms with Crippen molar-refractivity contribution in [3.05, 3.63) is 41.7 Å². The second kappa shape index (κ2) is 18.5. The van der Waals surface area contributed by atoms with E-state index in [-0.39, 0.29) is 55.0 Å². The molecule has 0 unspecified atom stereocenters. The Morgan fingerprint density at radius 2 is 1.85 bits per heavy atom. The quantitative estimate of drug-likeness (QED) is 0.660. The van der Waals surface area contributed by atoms with E-state index in [1.54, 1.807) is 0 Å². The fraction of sp³-hybridized carbons (Fsp3) is 0.526. The van der Waals surface area contributed by atoms with Gasteiger partial charge in [-0.15, -0.1) is 0 Å². The van der Waals surface area contributed by atoms with Crippen molar-refractivity contribution in [1.29, 1.82) is 5.26 Å². The Hall–Kier alpha value is -1.29. The summed E-state index contributed by atoms with van der Waals surface area (Å²) in [5.41, 5.74) is 1.97. The maximum atomic E-state index is 8.59. The molecular formula is C19H35N5OY. The summed E-state index contributed by atoms with van der Waals surface area (Å²) in [5, 5.41) is 17.9. The summed E-state index contributed by atoms with van der Waals surface area (Å²) in [7, 11) is 0. The molecule has 0 atom stereocenters. The Labute approximate surface area is 185 Å². The number of nitriles is 1. The standard InChI is InChI=1S/C10H11N.C6H12N4O.3CH4.Y/c1-8(2)10-5-3-4-9(6-10)7-11;1-5(2)8-4-11-6-7-3-9-10-6;;;;/h3-6,8H,1-2H3;3,5,8H,4H2,1-2H3,(H,7,9,10);3*1H4;. The molecule has 0 aliphatic rings. The number of rotatable bonds is 5. The molecule has 2 N–H and O–H groups in total. The first-order valence-corrected chi connectivity index (χ1v) is 7.24. The van der Waals surface area contributed by atoms with Crippen LogP contribution in [0, 0.1) is 11.3 Å². The molecule has 26 heavy (non-hydrogen) atoms. The molecule has 2 rings (SSSR count). The summed E-state index contributed by atoms with van der Waals surface area (Å²) in [4.78, 5) is 3.78. The third kappa shape index (κ3) is 13.9. The summed E-state index contributed by atoms with van der Waals surface area (Å²) in [6, 6.07) is 10.7. The molecule has 1 radical (unpaired) electrons. The van der Waals surface area contributed by atoms with Gasteiger partial charge in [-0.05, 0) is 37.5 Å². The first-order chi connectivity index (χ1) is 10.5. The van der Waals surface area contributed by atoms with E-state index in [0.717, 1.165) is 5.56 Å². The molecule has 0 spiro atoms.